The number of benzene rings is 2. The Balaban J connectivity index is 0.00000276. The van der Waals surface area contributed by atoms with Crippen molar-refractivity contribution in [1.29, 1.82) is 0 Å². The van der Waals surface area contributed by atoms with E-state index >= 15 is 0 Å². The molecule has 5 rings (SSSR count). The number of nitrogens with zero attached hydrogens (tertiary/aromatic N) is 3. The monoisotopic (exact) mass is 667 g/mol. The van der Waals surface area contributed by atoms with Crippen LogP contribution in [0.3, 0.4) is 0 Å². The zero-order valence-electron chi connectivity index (χ0n) is 26.0. The van der Waals surface area contributed by atoms with Crippen molar-refractivity contribution >= 4 is 48.3 Å². The minimum Gasteiger partial charge on any atom is -0.480 e. The Bertz CT molecular complexity index is 1350. The van der Waals surface area contributed by atoms with Crippen LogP contribution >= 0.6 is 24.8 Å². The maximum Gasteiger partial charge on any atom is 0.322 e. The summed E-state index contributed by atoms with van der Waals surface area (Å²) in [6.45, 7) is 10.4. The molecule has 0 radical (unpaired) electrons. The van der Waals surface area contributed by atoms with Gasteiger partial charge in [-0.25, -0.2) is 4.39 Å². The van der Waals surface area contributed by atoms with E-state index in [4.69, 9.17) is 9.84 Å². The molecule has 3 aliphatic rings. The van der Waals surface area contributed by atoms with Crippen molar-refractivity contribution in [2.75, 3.05) is 63.9 Å². The van der Waals surface area contributed by atoms with Crippen LogP contribution in [0.5, 0.6) is 0 Å². The molecule has 2 saturated heterocycles. The number of nitrogens with one attached hydrogen (secondary N) is 2. The van der Waals surface area contributed by atoms with Gasteiger partial charge in [-0.05, 0) is 62.1 Å². The summed E-state index contributed by atoms with van der Waals surface area (Å²) < 4.78 is 19.1. The van der Waals surface area contributed by atoms with Crippen LogP contribution in [0.25, 0.3) is 0 Å². The fraction of sp³-hybridized carbons (Fsp3) is 0.531. The normalized spacial score (nSPS) is 25.1. The third kappa shape index (κ3) is 8.52. The summed E-state index contributed by atoms with van der Waals surface area (Å²) in [5, 5.41) is 15.2. The van der Waals surface area contributed by atoms with Crippen molar-refractivity contribution in [2.45, 2.75) is 50.7 Å². The van der Waals surface area contributed by atoms with E-state index in [-0.39, 0.29) is 61.7 Å². The van der Waals surface area contributed by atoms with E-state index in [9.17, 15) is 18.8 Å². The van der Waals surface area contributed by atoms with Gasteiger partial charge in [-0.1, -0.05) is 24.3 Å². The lowest BCUT2D eigenvalue weighted by Crippen LogP contribution is -2.62. The first-order chi connectivity index (χ1) is 20.5. The van der Waals surface area contributed by atoms with Crippen molar-refractivity contribution in [3.05, 3.63) is 65.0 Å². The van der Waals surface area contributed by atoms with Crippen LogP contribution in [-0.2, 0) is 31.0 Å². The number of ether oxygens (including phenoxy) is 1. The number of fused-ring (bicyclic) bond motifs is 1. The van der Waals surface area contributed by atoms with Crippen LogP contribution in [0.4, 0.5) is 10.1 Å². The van der Waals surface area contributed by atoms with Gasteiger partial charge in [-0.3, -0.25) is 24.2 Å². The Labute approximate surface area is 276 Å². The molecule has 2 aromatic rings. The molecule has 0 aliphatic carbocycles. The maximum absolute atomic E-state index is 14.1. The zero-order valence-corrected chi connectivity index (χ0v) is 27.6. The fourth-order valence-electron chi connectivity index (χ4n) is 6.44. The van der Waals surface area contributed by atoms with Gasteiger partial charge in [-0.15, -0.1) is 24.8 Å². The molecular weight excluding hydrogens is 624 g/mol. The SMILES string of the molecule is C[C@@H]1CN(CC(=O)N2CC(C)(C(=O)NCC(=O)O)c3ccc(Cc4ccc(F)cc4)cc32)[C@@H](CN2CCOC[C@H]2C)CN1.Cl.Cl. The molecule has 0 bridgehead atoms. The Kier molecular flexibility index (Phi) is 12.8. The highest BCUT2D eigenvalue weighted by molar-refractivity contribution is 6.03. The number of hydrogen-bond donors (Lipinski definition) is 3. The Hall–Kier alpha value is -2.80. The molecule has 0 aromatic heterocycles. The van der Waals surface area contributed by atoms with Gasteiger partial charge in [0.1, 0.15) is 12.4 Å². The van der Waals surface area contributed by atoms with Crippen LogP contribution < -0.4 is 15.5 Å². The Morgan fingerprint density at radius 2 is 1.80 bits per heavy atom. The lowest BCUT2D eigenvalue weighted by atomic mass is 9.83. The van der Waals surface area contributed by atoms with Gasteiger partial charge in [0.2, 0.25) is 11.8 Å². The van der Waals surface area contributed by atoms with E-state index in [0.717, 1.165) is 37.3 Å². The Morgan fingerprint density at radius 3 is 2.49 bits per heavy atom. The number of rotatable bonds is 9. The van der Waals surface area contributed by atoms with E-state index in [1.165, 1.54) is 12.1 Å². The van der Waals surface area contributed by atoms with Crippen LogP contribution in [0, 0.1) is 5.82 Å². The smallest absolute Gasteiger partial charge is 0.322 e. The number of carboxylic acids is 1. The van der Waals surface area contributed by atoms with Gasteiger partial charge in [0.05, 0.1) is 25.2 Å². The third-order valence-electron chi connectivity index (χ3n) is 8.96. The predicted molar refractivity (Wildman–Crippen MR) is 175 cm³/mol. The lowest BCUT2D eigenvalue weighted by molar-refractivity contribution is -0.138. The van der Waals surface area contributed by atoms with Crippen molar-refractivity contribution in [3.8, 4) is 0 Å². The van der Waals surface area contributed by atoms with Crippen LogP contribution in [-0.4, -0.2) is 110 Å². The highest BCUT2D eigenvalue weighted by Gasteiger charge is 2.47. The van der Waals surface area contributed by atoms with E-state index in [0.29, 0.717) is 36.9 Å². The number of hydrogen-bond acceptors (Lipinski definition) is 7. The summed E-state index contributed by atoms with van der Waals surface area (Å²) in [6.07, 6.45) is 0.534. The van der Waals surface area contributed by atoms with E-state index in [2.05, 4.69) is 34.3 Å². The first-order valence-corrected chi connectivity index (χ1v) is 15.0. The first kappa shape index (κ1) is 36.7. The average molecular weight is 669 g/mol. The molecule has 3 aliphatic heterocycles. The number of carboxylic acid groups (broad SMARTS) is 1. The molecule has 1 unspecified atom stereocenters. The number of amides is 2. The lowest BCUT2D eigenvalue weighted by Gasteiger charge is -2.43. The number of aliphatic carboxylic acids is 1. The van der Waals surface area contributed by atoms with Gasteiger partial charge >= 0.3 is 5.97 Å². The molecule has 2 fully saturated rings. The average Bonchev–Trinajstić information content (AvgIpc) is 3.28. The second-order valence-corrected chi connectivity index (χ2v) is 12.4. The number of morpholine rings is 1. The highest BCUT2D eigenvalue weighted by Crippen LogP contribution is 2.42. The van der Waals surface area contributed by atoms with E-state index in [1.54, 1.807) is 24.0 Å². The number of carbonyl (C=O) groups excluding carboxylic acids is 2. The summed E-state index contributed by atoms with van der Waals surface area (Å²) in [7, 11) is 0. The quantitative estimate of drug-likeness (QED) is 0.374. The van der Waals surface area contributed by atoms with E-state index < -0.39 is 23.8 Å². The Morgan fingerprint density at radius 1 is 1.09 bits per heavy atom. The molecule has 0 saturated carbocycles. The second kappa shape index (κ2) is 15.7. The molecule has 13 heteroatoms. The number of halogens is 3. The predicted octanol–water partition coefficient (Wildman–Crippen LogP) is 2.45. The third-order valence-corrected chi connectivity index (χ3v) is 8.96. The molecule has 2 amide bonds. The second-order valence-electron chi connectivity index (χ2n) is 12.4. The molecule has 2 aromatic carbocycles. The van der Waals surface area contributed by atoms with E-state index in [1.807, 2.05) is 18.2 Å². The maximum atomic E-state index is 14.1. The van der Waals surface area contributed by atoms with Gasteiger partial charge in [0.25, 0.3) is 0 Å². The van der Waals surface area contributed by atoms with Gasteiger partial charge in [-0.2, -0.15) is 0 Å². The summed E-state index contributed by atoms with van der Waals surface area (Å²) >= 11 is 0. The number of piperazine rings is 1. The van der Waals surface area contributed by atoms with Crippen molar-refractivity contribution in [2.24, 2.45) is 0 Å². The molecule has 3 heterocycles. The standard InChI is InChI=1S/C32H42FN5O5.2ClH/c1-21-16-37(26(14-34-21)17-36-10-11-43-19-22(36)2)18-29(39)38-20-32(3,31(42)35-15-30(40)41)27-9-6-24(13-28(27)38)12-23-4-7-25(33)8-5-23;;/h4-9,13,21-22,26,34H,10-12,14-20H2,1-3H3,(H,35,42)(H,40,41);2*1H/t21-,22-,26-,32?;;/m1../s1. The van der Waals surface area contributed by atoms with Crippen LogP contribution in [0.1, 0.15) is 37.5 Å². The van der Waals surface area contributed by atoms with Gasteiger partial charge < -0.3 is 25.4 Å². The van der Waals surface area contributed by atoms with Gasteiger partial charge in [0, 0.05) is 56.5 Å². The summed E-state index contributed by atoms with van der Waals surface area (Å²) in [5.74, 6) is -1.98. The summed E-state index contributed by atoms with van der Waals surface area (Å²) in [5.41, 5.74) is 2.06. The molecule has 4 atom stereocenters. The zero-order chi connectivity index (χ0) is 30.7. The summed E-state index contributed by atoms with van der Waals surface area (Å²) in [6, 6.07) is 12.7. The topological polar surface area (TPSA) is 114 Å². The van der Waals surface area contributed by atoms with Crippen LogP contribution in [0.15, 0.2) is 42.5 Å². The highest BCUT2D eigenvalue weighted by atomic mass is 35.5. The molecule has 3 N–H and O–H groups in total. The molecule has 0 spiro atoms. The van der Waals surface area contributed by atoms with Crippen molar-refractivity contribution in [3.63, 3.8) is 0 Å². The molecule has 248 valence electrons. The minimum atomic E-state index is -1.13. The van der Waals surface area contributed by atoms with Gasteiger partial charge in [0.15, 0.2) is 0 Å². The first-order valence-electron chi connectivity index (χ1n) is 15.0. The molecule has 10 nitrogen and oxygen atoms in total. The largest absolute Gasteiger partial charge is 0.480 e. The molecular formula is C32H44Cl2FN5O5. The van der Waals surface area contributed by atoms with Crippen LogP contribution in [0.2, 0.25) is 0 Å². The van der Waals surface area contributed by atoms with Crippen molar-refractivity contribution in [1.82, 2.24) is 20.4 Å². The van der Waals surface area contributed by atoms with Crippen molar-refractivity contribution < 1.29 is 28.6 Å². The molecule has 45 heavy (non-hydrogen) atoms. The summed E-state index contributed by atoms with van der Waals surface area (Å²) in [4.78, 5) is 45.0. The number of anilines is 1. The number of carbonyl (C=O) groups is 3. The minimum absolute atomic E-state index is 0. The fourth-order valence-corrected chi connectivity index (χ4v) is 6.44.